The van der Waals surface area contributed by atoms with E-state index in [-0.39, 0.29) is 0 Å². The lowest BCUT2D eigenvalue weighted by molar-refractivity contribution is 0.425. The fourth-order valence-corrected chi connectivity index (χ4v) is 1.87. The Labute approximate surface area is 111 Å². The largest absolute Gasteiger partial charge is 0.396 e. The van der Waals surface area contributed by atoms with Gasteiger partial charge in [0.1, 0.15) is 0 Å². The van der Waals surface area contributed by atoms with Gasteiger partial charge in [-0.05, 0) is 44.9 Å². The molecule has 0 rings (SSSR count). The Balaban J connectivity index is 4.52. The van der Waals surface area contributed by atoms with E-state index in [0.717, 1.165) is 25.0 Å². The smallest absolute Gasteiger partial charge is 0.0741 e. The van der Waals surface area contributed by atoms with Gasteiger partial charge in [0.25, 0.3) is 0 Å². The molecule has 1 atom stereocenters. The molecule has 3 N–H and O–H groups in total. The molecule has 0 aliphatic heterocycles. The van der Waals surface area contributed by atoms with E-state index < -0.39 is 0 Å². The van der Waals surface area contributed by atoms with E-state index in [2.05, 4.69) is 25.4 Å². The molecule has 3 nitrogen and oxygen atoms in total. The Bertz CT molecular complexity index is 338. The minimum Gasteiger partial charge on any atom is -0.396 e. The molecule has 0 aromatic heterocycles. The third-order valence-corrected chi connectivity index (χ3v) is 3.11. The van der Waals surface area contributed by atoms with Crippen LogP contribution < -0.4 is 5.73 Å². The number of aliphatic imine (C=N–C) groups is 1. The Morgan fingerprint density at radius 3 is 2.44 bits per heavy atom. The van der Waals surface area contributed by atoms with Crippen LogP contribution in [0.4, 0.5) is 0 Å². The molecule has 3 heteroatoms. The first-order valence-electron chi connectivity index (χ1n) is 6.59. The van der Waals surface area contributed by atoms with Gasteiger partial charge in [-0.1, -0.05) is 19.9 Å². The molecule has 0 amide bonds. The first-order valence-corrected chi connectivity index (χ1v) is 6.59. The van der Waals surface area contributed by atoms with Crippen molar-refractivity contribution < 1.29 is 0 Å². The second-order valence-corrected chi connectivity index (χ2v) is 4.91. The summed E-state index contributed by atoms with van der Waals surface area (Å²) in [5.41, 5.74) is 7.60. The molecule has 102 valence electrons. The summed E-state index contributed by atoms with van der Waals surface area (Å²) in [5, 5.41) is 7.56. The zero-order chi connectivity index (χ0) is 14.1. The molecule has 0 radical (unpaired) electrons. The average Bonchev–Trinajstić information content (AvgIpc) is 2.31. The van der Waals surface area contributed by atoms with Crippen LogP contribution in [-0.2, 0) is 0 Å². The van der Waals surface area contributed by atoms with E-state index in [4.69, 9.17) is 11.1 Å². The summed E-state index contributed by atoms with van der Waals surface area (Å²) in [6, 6.07) is 0. The number of rotatable bonds is 8. The second-order valence-electron chi connectivity index (χ2n) is 4.91. The van der Waals surface area contributed by atoms with E-state index in [1.165, 1.54) is 0 Å². The van der Waals surface area contributed by atoms with Gasteiger partial charge in [0.2, 0.25) is 0 Å². The van der Waals surface area contributed by atoms with Crippen molar-refractivity contribution in [3.8, 4) is 0 Å². The molecule has 18 heavy (non-hydrogen) atoms. The molecule has 0 aromatic carbocycles. The maximum absolute atomic E-state index is 7.56. The summed E-state index contributed by atoms with van der Waals surface area (Å²) in [5.74, 6) is 1.16. The Morgan fingerprint density at radius 2 is 2.06 bits per heavy atom. The molecule has 0 fully saturated rings. The maximum Gasteiger partial charge on any atom is 0.0741 e. The molecule has 1 unspecified atom stereocenters. The van der Waals surface area contributed by atoms with Crippen molar-refractivity contribution in [3.05, 3.63) is 24.0 Å². The standard InChI is InChI=1S/C15H27N3/c1-6-13(11(3)4)9-8-10-14(18-7-2)15(17)12(5)16/h6-7,11,13,16H,1,8-10,17H2,2-5H3/b15-14+,16-12?,18-7?. The minimum absolute atomic E-state index is 0.389. The highest BCUT2D eigenvalue weighted by Gasteiger charge is 2.10. The van der Waals surface area contributed by atoms with Crippen LogP contribution in [0.2, 0.25) is 0 Å². The van der Waals surface area contributed by atoms with Crippen LogP contribution >= 0.6 is 0 Å². The first-order chi connectivity index (χ1) is 8.43. The lowest BCUT2D eigenvalue weighted by atomic mass is 9.90. The van der Waals surface area contributed by atoms with Gasteiger partial charge in [-0.2, -0.15) is 0 Å². The van der Waals surface area contributed by atoms with Gasteiger partial charge in [0, 0.05) is 6.21 Å². The van der Waals surface area contributed by atoms with Crippen LogP contribution in [0.5, 0.6) is 0 Å². The van der Waals surface area contributed by atoms with Gasteiger partial charge in [-0.25, -0.2) is 0 Å². The number of nitrogens with zero attached hydrogens (tertiary/aromatic N) is 1. The molecule has 0 aliphatic rings. The molecule has 0 spiro atoms. The third kappa shape index (κ3) is 5.80. The summed E-state index contributed by atoms with van der Waals surface area (Å²) in [4.78, 5) is 4.28. The average molecular weight is 249 g/mol. The van der Waals surface area contributed by atoms with Crippen LogP contribution in [0.15, 0.2) is 29.0 Å². The molecule has 0 aromatic rings. The SMILES string of the molecule is C=CC(CCC/C(N=CC)=C(\N)C(C)=N)C(C)C. The van der Waals surface area contributed by atoms with Crippen molar-refractivity contribution in [2.75, 3.05) is 0 Å². The van der Waals surface area contributed by atoms with Crippen LogP contribution in [0.25, 0.3) is 0 Å². The fourth-order valence-electron chi connectivity index (χ4n) is 1.87. The van der Waals surface area contributed by atoms with Gasteiger partial charge in [0.15, 0.2) is 0 Å². The highest BCUT2D eigenvalue weighted by Crippen LogP contribution is 2.21. The quantitative estimate of drug-likeness (QED) is 0.497. The Hall–Kier alpha value is -1.38. The predicted molar refractivity (Wildman–Crippen MR) is 81.2 cm³/mol. The number of nitrogens with one attached hydrogen (secondary N) is 1. The van der Waals surface area contributed by atoms with Crippen LogP contribution in [0.3, 0.4) is 0 Å². The summed E-state index contributed by atoms with van der Waals surface area (Å²) in [6.07, 6.45) is 6.70. The van der Waals surface area contributed by atoms with Gasteiger partial charge in [0.05, 0.1) is 17.1 Å². The summed E-state index contributed by atoms with van der Waals surface area (Å²) >= 11 is 0. The molecule has 0 bridgehead atoms. The monoisotopic (exact) mass is 249 g/mol. The van der Waals surface area contributed by atoms with E-state index in [1.54, 1.807) is 13.1 Å². The zero-order valence-corrected chi connectivity index (χ0v) is 12.2. The fraction of sp³-hybridized carbons (Fsp3) is 0.600. The van der Waals surface area contributed by atoms with E-state index in [1.807, 2.05) is 13.0 Å². The summed E-state index contributed by atoms with van der Waals surface area (Å²) in [7, 11) is 0. The number of nitrogens with two attached hydrogens (primary N) is 1. The molecular weight excluding hydrogens is 222 g/mol. The topological polar surface area (TPSA) is 62.2 Å². The van der Waals surface area contributed by atoms with E-state index in [0.29, 0.717) is 23.2 Å². The summed E-state index contributed by atoms with van der Waals surface area (Å²) in [6.45, 7) is 11.9. The Kier molecular flexibility index (Phi) is 8.01. The normalized spacial score (nSPS) is 14.7. The van der Waals surface area contributed by atoms with Crippen molar-refractivity contribution in [1.82, 2.24) is 0 Å². The third-order valence-electron chi connectivity index (χ3n) is 3.11. The molecule has 0 saturated carbocycles. The zero-order valence-electron chi connectivity index (χ0n) is 12.2. The van der Waals surface area contributed by atoms with Crippen molar-refractivity contribution in [1.29, 1.82) is 5.41 Å². The van der Waals surface area contributed by atoms with Crippen molar-refractivity contribution in [3.63, 3.8) is 0 Å². The van der Waals surface area contributed by atoms with Gasteiger partial charge in [-0.3, -0.25) is 4.99 Å². The number of hydrogen-bond acceptors (Lipinski definition) is 3. The van der Waals surface area contributed by atoms with Crippen molar-refractivity contribution >= 4 is 11.9 Å². The lowest BCUT2D eigenvalue weighted by Gasteiger charge is -2.16. The highest BCUT2D eigenvalue weighted by atomic mass is 14.8. The molecule has 0 aliphatic carbocycles. The molecule has 0 heterocycles. The van der Waals surface area contributed by atoms with Gasteiger partial charge < -0.3 is 11.1 Å². The predicted octanol–water partition coefficient (Wildman–Crippen LogP) is 3.92. The van der Waals surface area contributed by atoms with Gasteiger partial charge >= 0.3 is 0 Å². The summed E-state index contributed by atoms with van der Waals surface area (Å²) < 4.78 is 0. The first kappa shape index (κ1) is 16.6. The Morgan fingerprint density at radius 1 is 1.44 bits per heavy atom. The van der Waals surface area contributed by atoms with Crippen LogP contribution in [-0.4, -0.2) is 11.9 Å². The molecular formula is C15H27N3. The minimum atomic E-state index is 0.389. The lowest BCUT2D eigenvalue weighted by Crippen LogP contribution is -2.11. The van der Waals surface area contributed by atoms with Crippen LogP contribution in [0, 0.1) is 17.2 Å². The number of allylic oxidation sites excluding steroid dienone is 3. The molecule has 0 saturated heterocycles. The van der Waals surface area contributed by atoms with Crippen molar-refractivity contribution in [2.45, 2.75) is 47.0 Å². The van der Waals surface area contributed by atoms with E-state index >= 15 is 0 Å². The maximum atomic E-state index is 7.56. The van der Waals surface area contributed by atoms with Crippen molar-refractivity contribution in [2.24, 2.45) is 22.6 Å². The van der Waals surface area contributed by atoms with E-state index in [9.17, 15) is 0 Å². The number of hydrogen-bond donors (Lipinski definition) is 2. The highest BCUT2D eigenvalue weighted by molar-refractivity contribution is 5.95. The van der Waals surface area contributed by atoms with Gasteiger partial charge in [-0.15, -0.1) is 6.58 Å². The second kappa shape index (κ2) is 8.67. The van der Waals surface area contributed by atoms with Crippen LogP contribution in [0.1, 0.15) is 47.0 Å².